The summed E-state index contributed by atoms with van der Waals surface area (Å²) in [5, 5.41) is 9.53. The second kappa shape index (κ2) is 8.65. The molecule has 146 valence electrons. The monoisotopic (exact) mass is 383 g/mol. The number of nitrogens with zero attached hydrogens (tertiary/aromatic N) is 1. The number of hydrogen-bond acceptors (Lipinski definition) is 4. The molecule has 0 fully saturated rings. The molecular formula is C21H22FN3O3. The number of carbonyl (C=O) groups is 2. The SMILES string of the molecule is CC[C@@H](C)NC(=O)c1ccccc1NC(=O)[C@@H]1CC(c2cccc(F)c2)=NO1. The Kier molecular flexibility index (Phi) is 6.03. The predicted molar refractivity (Wildman–Crippen MR) is 105 cm³/mol. The fourth-order valence-electron chi connectivity index (χ4n) is 2.76. The van der Waals surface area contributed by atoms with Gasteiger partial charge in [0.1, 0.15) is 5.82 Å². The van der Waals surface area contributed by atoms with Crippen molar-refractivity contribution >= 4 is 23.2 Å². The molecule has 2 aromatic carbocycles. The number of para-hydroxylation sites is 1. The summed E-state index contributed by atoms with van der Waals surface area (Å²) in [6, 6.07) is 12.8. The molecular weight excluding hydrogens is 361 g/mol. The number of carbonyl (C=O) groups excluding carboxylic acids is 2. The molecule has 0 unspecified atom stereocenters. The highest BCUT2D eigenvalue weighted by Gasteiger charge is 2.29. The lowest BCUT2D eigenvalue weighted by Gasteiger charge is -2.15. The van der Waals surface area contributed by atoms with Crippen LogP contribution in [0.5, 0.6) is 0 Å². The first-order valence-corrected chi connectivity index (χ1v) is 9.17. The summed E-state index contributed by atoms with van der Waals surface area (Å²) in [7, 11) is 0. The zero-order valence-electron chi connectivity index (χ0n) is 15.7. The van der Waals surface area contributed by atoms with Crippen molar-refractivity contribution in [1.82, 2.24) is 5.32 Å². The molecule has 2 atom stereocenters. The Morgan fingerprint density at radius 3 is 2.79 bits per heavy atom. The summed E-state index contributed by atoms with van der Waals surface area (Å²) in [6.45, 7) is 3.89. The second-order valence-corrected chi connectivity index (χ2v) is 6.66. The van der Waals surface area contributed by atoms with E-state index < -0.39 is 12.0 Å². The molecule has 0 spiro atoms. The van der Waals surface area contributed by atoms with Crippen LogP contribution in [0.15, 0.2) is 53.7 Å². The number of benzene rings is 2. The molecule has 3 rings (SSSR count). The molecule has 0 radical (unpaired) electrons. The average Bonchev–Trinajstić information content (AvgIpc) is 3.18. The number of hydrogen-bond donors (Lipinski definition) is 2. The zero-order valence-corrected chi connectivity index (χ0v) is 15.7. The molecule has 0 saturated heterocycles. The highest BCUT2D eigenvalue weighted by Crippen LogP contribution is 2.21. The maximum Gasteiger partial charge on any atom is 0.268 e. The normalized spacial score (nSPS) is 16.7. The number of amides is 2. The van der Waals surface area contributed by atoms with E-state index in [1.165, 1.54) is 12.1 Å². The van der Waals surface area contributed by atoms with Crippen molar-refractivity contribution in [2.45, 2.75) is 38.8 Å². The van der Waals surface area contributed by atoms with Crippen LogP contribution >= 0.6 is 0 Å². The molecule has 0 bridgehead atoms. The number of oxime groups is 1. The average molecular weight is 383 g/mol. The van der Waals surface area contributed by atoms with Gasteiger partial charge in [-0.05, 0) is 37.6 Å². The Balaban J connectivity index is 1.67. The minimum Gasteiger partial charge on any atom is -0.382 e. The van der Waals surface area contributed by atoms with Gasteiger partial charge in [0.15, 0.2) is 0 Å². The molecule has 0 aliphatic carbocycles. The lowest BCUT2D eigenvalue weighted by molar-refractivity contribution is -0.125. The number of rotatable bonds is 6. The van der Waals surface area contributed by atoms with E-state index in [1.807, 2.05) is 13.8 Å². The molecule has 6 nitrogen and oxygen atoms in total. The number of anilines is 1. The minimum absolute atomic E-state index is 0.0247. The first kappa shape index (κ1) is 19.5. The van der Waals surface area contributed by atoms with Gasteiger partial charge < -0.3 is 15.5 Å². The Morgan fingerprint density at radius 1 is 1.25 bits per heavy atom. The summed E-state index contributed by atoms with van der Waals surface area (Å²) in [4.78, 5) is 30.3. The van der Waals surface area contributed by atoms with Crippen LogP contribution in [-0.2, 0) is 9.63 Å². The van der Waals surface area contributed by atoms with Crippen LogP contribution in [0.4, 0.5) is 10.1 Å². The van der Waals surface area contributed by atoms with E-state index in [0.29, 0.717) is 22.5 Å². The zero-order chi connectivity index (χ0) is 20.1. The Morgan fingerprint density at radius 2 is 2.04 bits per heavy atom. The molecule has 2 N–H and O–H groups in total. The quantitative estimate of drug-likeness (QED) is 0.801. The van der Waals surface area contributed by atoms with Gasteiger partial charge in [0.05, 0.1) is 17.0 Å². The predicted octanol–water partition coefficient (Wildman–Crippen LogP) is 3.49. The Hall–Kier alpha value is -3.22. The van der Waals surface area contributed by atoms with E-state index in [9.17, 15) is 14.0 Å². The number of nitrogens with one attached hydrogen (secondary N) is 2. The highest BCUT2D eigenvalue weighted by atomic mass is 19.1. The smallest absolute Gasteiger partial charge is 0.268 e. The summed E-state index contributed by atoms with van der Waals surface area (Å²) in [5.41, 5.74) is 1.85. The Bertz CT molecular complexity index is 913. The van der Waals surface area contributed by atoms with E-state index in [4.69, 9.17) is 4.84 Å². The van der Waals surface area contributed by atoms with Crippen LogP contribution in [0.25, 0.3) is 0 Å². The standard InChI is InChI=1S/C21H22FN3O3/c1-3-13(2)23-20(26)16-9-4-5-10-17(16)24-21(27)19-12-18(25-28-19)14-7-6-8-15(22)11-14/h4-11,13,19H,3,12H2,1-2H3,(H,23,26)(H,24,27)/t13-,19+/m1/s1. The third kappa shape index (κ3) is 4.54. The largest absolute Gasteiger partial charge is 0.382 e. The van der Waals surface area contributed by atoms with Crippen molar-refractivity contribution in [3.63, 3.8) is 0 Å². The van der Waals surface area contributed by atoms with E-state index >= 15 is 0 Å². The fourth-order valence-corrected chi connectivity index (χ4v) is 2.76. The molecule has 2 aromatic rings. The van der Waals surface area contributed by atoms with Crippen LogP contribution in [-0.4, -0.2) is 29.7 Å². The molecule has 7 heteroatoms. The lowest BCUT2D eigenvalue weighted by atomic mass is 10.0. The van der Waals surface area contributed by atoms with E-state index in [0.717, 1.165) is 6.42 Å². The van der Waals surface area contributed by atoms with Gasteiger partial charge in [0.2, 0.25) is 6.10 Å². The van der Waals surface area contributed by atoms with Crippen LogP contribution in [0.2, 0.25) is 0 Å². The van der Waals surface area contributed by atoms with Gasteiger partial charge in [-0.25, -0.2) is 4.39 Å². The summed E-state index contributed by atoms with van der Waals surface area (Å²) >= 11 is 0. The van der Waals surface area contributed by atoms with Gasteiger partial charge in [-0.2, -0.15) is 0 Å². The molecule has 1 aliphatic rings. The van der Waals surface area contributed by atoms with Crippen LogP contribution in [0, 0.1) is 5.82 Å². The third-order valence-electron chi connectivity index (χ3n) is 4.54. The van der Waals surface area contributed by atoms with Gasteiger partial charge in [0, 0.05) is 18.0 Å². The highest BCUT2D eigenvalue weighted by molar-refractivity contribution is 6.08. The van der Waals surface area contributed by atoms with Gasteiger partial charge >= 0.3 is 0 Å². The topological polar surface area (TPSA) is 79.8 Å². The maximum absolute atomic E-state index is 13.4. The van der Waals surface area contributed by atoms with Gasteiger partial charge in [-0.1, -0.05) is 36.3 Å². The van der Waals surface area contributed by atoms with Crippen molar-refractivity contribution in [1.29, 1.82) is 0 Å². The van der Waals surface area contributed by atoms with Gasteiger partial charge in [0.25, 0.3) is 11.8 Å². The van der Waals surface area contributed by atoms with Crippen molar-refractivity contribution < 1.29 is 18.8 Å². The third-order valence-corrected chi connectivity index (χ3v) is 4.54. The van der Waals surface area contributed by atoms with E-state index in [2.05, 4.69) is 15.8 Å². The molecule has 2 amide bonds. The van der Waals surface area contributed by atoms with Crippen molar-refractivity contribution in [2.75, 3.05) is 5.32 Å². The van der Waals surface area contributed by atoms with Gasteiger partial charge in [-0.3, -0.25) is 9.59 Å². The maximum atomic E-state index is 13.4. The van der Waals surface area contributed by atoms with Crippen LogP contribution < -0.4 is 10.6 Å². The van der Waals surface area contributed by atoms with Crippen molar-refractivity contribution in [2.24, 2.45) is 5.16 Å². The fraction of sp³-hybridized carbons (Fsp3) is 0.286. The molecule has 1 heterocycles. The Labute approximate surface area is 162 Å². The molecule has 1 aliphatic heterocycles. The summed E-state index contributed by atoms with van der Waals surface area (Å²) in [6.07, 6.45) is 0.177. The molecule has 0 aromatic heterocycles. The lowest BCUT2D eigenvalue weighted by Crippen LogP contribution is -2.33. The number of halogens is 1. The first-order valence-electron chi connectivity index (χ1n) is 9.17. The first-order chi connectivity index (χ1) is 13.5. The molecule has 0 saturated carbocycles. The van der Waals surface area contributed by atoms with Crippen molar-refractivity contribution in [3.8, 4) is 0 Å². The second-order valence-electron chi connectivity index (χ2n) is 6.66. The summed E-state index contributed by atoms with van der Waals surface area (Å²) in [5.74, 6) is -1.05. The van der Waals surface area contributed by atoms with E-state index in [-0.39, 0.29) is 24.2 Å². The van der Waals surface area contributed by atoms with Crippen molar-refractivity contribution in [3.05, 3.63) is 65.5 Å². The minimum atomic E-state index is -0.844. The molecule has 28 heavy (non-hydrogen) atoms. The van der Waals surface area contributed by atoms with Crippen LogP contribution in [0.3, 0.4) is 0 Å². The van der Waals surface area contributed by atoms with Gasteiger partial charge in [-0.15, -0.1) is 0 Å². The van der Waals surface area contributed by atoms with Crippen LogP contribution in [0.1, 0.15) is 42.6 Å². The summed E-state index contributed by atoms with van der Waals surface area (Å²) < 4.78 is 13.4. The van der Waals surface area contributed by atoms with E-state index in [1.54, 1.807) is 36.4 Å².